The molecular weight excluding hydrogens is 348 g/mol. The molecule has 3 rings (SSSR count). The number of furan rings is 1. The first-order valence-corrected chi connectivity index (χ1v) is 8.62. The van der Waals surface area contributed by atoms with Gasteiger partial charge in [0.25, 0.3) is 11.8 Å². The second-order valence-corrected chi connectivity index (χ2v) is 6.27. The molecule has 6 heteroatoms. The number of carbonyl (C=O) groups is 2. The summed E-state index contributed by atoms with van der Waals surface area (Å²) in [4.78, 5) is 26.5. The van der Waals surface area contributed by atoms with Crippen LogP contribution in [0.3, 0.4) is 0 Å². The molecule has 0 bridgehead atoms. The first-order chi connectivity index (χ1) is 12.5. The fraction of sp³-hybridized carbons (Fsp3) is 0.150. The van der Waals surface area contributed by atoms with Crippen LogP contribution < -0.4 is 10.2 Å². The minimum absolute atomic E-state index is 0.0264. The average molecular weight is 366 g/mol. The lowest BCUT2D eigenvalue weighted by Gasteiger charge is -2.29. The molecule has 132 valence electrons. The van der Waals surface area contributed by atoms with Gasteiger partial charge >= 0.3 is 0 Å². The molecule has 0 radical (unpaired) electrons. The van der Waals surface area contributed by atoms with Crippen LogP contribution in [0.4, 0.5) is 5.69 Å². The van der Waals surface area contributed by atoms with Crippen LogP contribution in [-0.2, 0) is 16.0 Å². The summed E-state index contributed by atoms with van der Waals surface area (Å²) in [6.45, 7) is 3.85. The third-order valence-corrected chi connectivity index (χ3v) is 4.27. The molecule has 1 aromatic heterocycles. The van der Waals surface area contributed by atoms with E-state index in [1.54, 1.807) is 31.4 Å². The average Bonchev–Trinajstić information content (AvgIpc) is 3.12. The summed E-state index contributed by atoms with van der Waals surface area (Å²) in [5.41, 5.74) is 2.52. The summed E-state index contributed by atoms with van der Waals surface area (Å²) >= 11 is 5.20. The lowest BCUT2D eigenvalue weighted by molar-refractivity contribution is -0.122. The molecule has 0 atom stereocenters. The van der Waals surface area contributed by atoms with Crippen LogP contribution in [0.5, 0.6) is 0 Å². The van der Waals surface area contributed by atoms with Crippen molar-refractivity contribution in [2.45, 2.75) is 20.3 Å². The lowest BCUT2D eigenvalue weighted by atomic mass is 10.1. The number of aryl methyl sites for hydroxylation is 1. The van der Waals surface area contributed by atoms with Crippen molar-refractivity contribution in [3.63, 3.8) is 0 Å². The zero-order valence-electron chi connectivity index (χ0n) is 14.5. The Labute approximate surface area is 157 Å². The number of nitrogens with one attached hydrogen (secondary N) is 1. The number of nitrogens with zero attached hydrogens (tertiary/aromatic N) is 1. The smallest absolute Gasteiger partial charge is 0.270 e. The summed E-state index contributed by atoms with van der Waals surface area (Å²) in [6.07, 6.45) is 5.75. The van der Waals surface area contributed by atoms with Crippen molar-refractivity contribution in [3.05, 3.63) is 71.2 Å². The third kappa shape index (κ3) is 3.65. The molecule has 0 unspecified atom stereocenters. The largest absolute Gasteiger partial charge is 0.465 e. The SMILES string of the molecule is CCc1ccc(N2C(=O)C(=CC(C)=Cc3ccco3)C(=O)NC2=S)cc1. The number of anilines is 1. The van der Waals surface area contributed by atoms with Gasteiger partial charge < -0.3 is 4.42 Å². The Morgan fingerprint density at radius 2 is 1.96 bits per heavy atom. The van der Waals surface area contributed by atoms with Gasteiger partial charge in [-0.15, -0.1) is 0 Å². The van der Waals surface area contributed by atoms with Gasteiger partial charge in [0.2, 0.25) is 0 Å². The van der Waals surface area contributed by atoms with Crippen molar-refractivity contribution in [2.24, 2.45) is 0 Å². The fourth-order valence-corrected chi connectivity index (χ4v) is 2.92. The van der Waals surface area contributed by atoms with Gasteiger partial charge in [-0.2, -0.15) is 0 Å². The Morgan fingerprint density at radius 3 is 2.58 bits per heavy atom. The number of allylic oxidation sites excluding steroid dienone is 2. The van der Waals surface area contributed by atoms with E-state index in [1.165, 1.54) is 11.0 Å². The van der Waals surface area contributed by atoms with Crippen molar-refractivity contribution >= 4 is 40.9 Å². The third-order valence-electron chi connectivity index (χ3n) is 3.99. The van der Waals surface area contributed by atoms with Crippen LogP contribution in [0.2, 0.25) is 0 Å². The van der Waals surface area contributed by atoms with Crippen molar-refractivity contribution in [1.29, 1.82) is 0 Å². The molecule has 2 heterocycles. The molecule has 0 spiro atoms. The highest BCUT2D eigenvalue weighted by molar-refractivity contribution is 7.80. The summed E-state index contributed by atoms with van der Waals surface area (Å²) in [5, 5.41) is 2.66. The molecule has 2 amide bonds. The molecule has 2 aromatic rings. The Balaban J connectivity index is 1.93. The maximum atomic E-state index is 12.9. The number of benzene rings is 1. The van der Waals surface area contributed by atoms with Crippen LogP contribution in [-0.4, -0.2) is 16.9 Å². The Bertz CT molecular complexity index is 909. The van der Waals surface area contributed by atoms with Crippen LogP contribution in [0, 0.1) is 0 Å². The molecular formula is C20H18N2O3S. The summed E-state index contributed by atoms with van der Waals surface area (Å²) in [5.74, 6) is -0.311. The van der Waals surface area contributed by atoms with Gasteiger partial charge in [0.1, 0.15) is 11.3 Å². The van der Waals surface area contributed by atoms with Crippen molar-refractivity contribution in [1.82, 2.24) is 5.32 Å². The van der Waals surface area contributed by atoms with E-state index < -0.39 is 11.8 Å². The monoisotopic (exact) mass is 366 g/mol. The van der Waals surface area contributed by atoms with E-state index >= 15 is 0 Å². The van der Waals surface area contributed by atoms with Gasteiger partial charge in [-0.3, -0.25) is 19.8 Å². The highest BCUT2D eigenvalue weighted by Crippen LogP contribution is 2.22. The Morgan fingerprint density at radius 1 is 1.23 bits per heavy atom. The number of rotatable bonds is 4. The first kappa shape index (κ1) is 17.8. The van der Waals surface area contributed by atoms with E-state index in [-0.39, 0.29) is 10.7 Å². The Kier molecular flexibility index (Phi) is 5.14. The van der Waals surface area contributed by atoms with Gasteiger partial charge in [-0.25, -0.2) is 0 Å². The van der Waals surface area contributed by atoms with Gasteiger partial charge in [0, 0.05) is 0 Å². The highest BCUT2D eigenvalue weighted by atomic mass is 32.1. The maximum Gasteiger partial charge on any atom is 0.270 e. The zero-order valence-corrected chi connectivity index (χ0v) is 15.3. The number of hydrogen-bond acceptors (Lipinski definition) is 4. The summed E-state index contributed by atoms with van der Waals surface area (Å²) in [6, 6.07) is 11.1. The Hall–Kier alpha value is -2.99. The van der Waals surface area contributed by atoms with Crippen molar-refractivity contribution in [3.8, 4) is 0 Å². The minimum atomic E-state index is -0.506. The van der Waals surface area contributed by atoms with Crippen LogP contribution >= 0.6 is 12.2 Å². The van der Waals surface area contributed by atoms with Crippen LogP contribution in [0.15, 0.2) is 64.3 Å². The number of thiocarbonyl (C=S) groups is 1. The lowest BCUT2D eigenvalue weighted by Crippen LogP contribution is -2.54. The number of amides is 2. The molecule has 0 aliphatic carbocycles. The molecule has 1 aliphatic heterocycles. The van der Waals surface area contributed by atoms with E-state index in [1.807, 2.05) is 24.3 Å². The number of hydrogen-bond donors (Lipinski definition) is 1. The van der Waals surface area contributed by atoms with Gasteiger partial charge in [0.15, 0.2) is 5.11 Å². The molecule has 1 fully saturated rings. The van der Waals surface area contributed by atoms with Crippen molar-refractivity contribution < 1.29 is 14.0 Å². The van der Waals surface area contributed by atoms with E-state index in [4.69, 9.17) is 16.6 Å². The van der Waals surface area contributed by atoms with E-state index in [2.05, 4.69) is 12.2 Å². The second-order valence-electron chi connectivity index (χ2n) is 5.88. The van der Waals surface area contributed by atoms with Gasteiger partial charge in [-0.05, 0) is 73.1 Å². The van der Waals surface area contributed by atoms with Crippen LogP contribution in [0.25, 0.3) is 6.08 Å². The first-order valence-electron chi connectivity index (χ1n) is 8.22. The predicted octanol–water partition coefficient (Wildman–Crippen LogP) is 3.62. The van der Waals surface area contributed by atoms with Gasteiger partial charge in [0.05, 0.1) is 12.0 Å². The van der Waals surface area contributed by atoms with E-state index in [0.717, 1.165) is 12.0 Å². The predicted molar refractivity (Wildman–Crippen MR) is 104 cm³/mol. The minimum Gasteiger partial charge on any atom is -0.465 e. The quantitative estimate of drug-likeness (QED) is 0.510. The van der Waals surface area contributed by atoms with Gasteiger partial charge in [-0.1, -0.05) is 19.1 Å². The standard InChI is InChI=1S/C20H18N2O3S/c1-3-14-6-8-15(9-7-14)22-19(24)17(18(23)21-20(22)26)12-13(2)11-16-5-4-10-25-16/h4-12H,3H2,1-2H3,(H,21,23,26). The van der Waals surface area contributed by atoms with E-state index in [0.29, 0.717) is 17.0 Å². The molecule has 1 N–H and O–H groups in total. The normalized spacial score (nSPS) is 17.0. The summed E-state index contributed by atoms with van der Waals surface area (Å²) < 4.78 is 5.25. The van der Waals surface area contributed by atoms with Crippen LogP contribution in [0.1, 0.15) is 25.2 Å². The van der Waals surface area contributed by atoms with Crippen molar-refractivity contribution in [2.75, 3.05) is 4.90 Å². The fourth-order valence-electron chi connectivity index (χ4n) is 2.64. The molecule has 1 saturated heterocycles. The molecule has 1 aromatic carbocycles. The topological polar surface area (TPSA) is 62.6 Å². The zero-order chi connectivity index (χ0) is 18.7. The maximum absolute atomic E-state index is 12.9. The van der Waals surface area contributed by atoms with E-state index in [9.17, 15) is 9.59 Å². The summed E-state index contributed by atoms with van der Waals surface area (Å²) in [7, 11) is 0. The molecule has 5 nitrogen and oxygen atoms in total. The molecule has 1 aliphatic rings. The number of carbonyl (C=O) groups excluding carboxylic acids is 2. The molecule has 26 heavy (non-hydrogen) atoms. The second kappa shape index (κ2) is 7.49. The molecule has 0 saturated carbocycles. The highest BCUT2D eigenvalue weighted by Gasteiger charge is 2.34.